The van der Waals surface area contributed by atoms with Gasteiger partial charge in [0.2, 0.25) is 0 Å². The van der Waals surface area contributed by atoms with Crippen molar-refractivity contribution in [1.82, 2.24) is 9.88 Å². The highest BCUT2D eigenvalue weighted by molar-refractivity contribution is 5.37. The molecule has 3 nitrogen and oxygen atoms in total. The molecule has 122 valence electrons. The second-order valence-corrected chi connectivity index (χ2v) is 7.04. The molecule has 2 heterocycles. The predicted molar refractivity (Wildman–Crippen MR) is 96.5 cm³/mol. The summed E-state index contributed by atoms with van der Waals surface area (Å²) in [6, 6.07) is 11.7. The molecule has 0 saturated carbocycles. The first-order chi connectivity index (χ1) is 11.0. The molecule has 1 aliphatic heterocycles. The van der Waals surface area contributed by atoms with Crippen LogP contribution in [0.1, 0.15) is 48.9 Å². The van der Waals surface area contributed by atoms with Gasteiger partial charge in [-0.3, -0.25) is 4.90 Å². The van der Waals surface area contributed by atoms with Crippen LogP contribution >= 0.6 is 0 Å². The lowest BCUT2D eigenvalue weighted by Crippen LogP contribution is -2.35. The Bertz CT molecular complexity index is 678. The number of aromatic nitrogens is 1. The Balaban J connectivity index is 1.75. The maximum atomic E-state index is 5.81. The molecular weight excluding hydrogens is 282 g/mol. The zero-order valence-electron chi connectivity index (χ0n) is 14.4. The molecule has 0 radical (unpaired) electrons. The van der Waals surface area contributed by atoms with Crippen LogP contribution in [0.25, 0.3) is 0 Å². The van der Waals surface area contributed by atoms with E-state index in [1.165, 1.54) is 35.2 Å². The molecular formula is C20H27N3. The highest BCUT2D eigenvalue weighted by atomic mass is 15.1. The number of pyridine rings is 1. The van der Waals surface area contributed by atoms with Crippen molar-refractivity contribution in [3.8, 4) is 0 Å². The molecule has 3 rings (SSSR count). The summed E-state index contributed by atoms with van der Waals surface area (Å²) < 4.78 is 0. The summed E-state index contributed by atoms with van der Waals surface area (Å²) in [7, 11) is 0. The standard InChI is InChI=1S/C20H27N3/c1-14(2)23-9-7-17-5-4-16(11-19(17)13-23)10-15(3)18-6-8-22-20(21)12-18/h4-6,8,11-12,14-15H,7,9-10,13H2,1-3H3,(H2,21,22). The number of nitrogens with zero attached hydrogens (tertiary/aromatic N) is 2. The fraction of sp³-hybridized carbons (Fsp3) is 0.450. The topological polar surface area (TPSA) is 42.2 Å². The van der Waals surface area contributed by atoms with E-state index in [4.69, 9.17) is 5.73 Å². The van der Waals surface area contributed by atoms with E-state index in [0.29, 0.717) is 17.8 Å². The molecule has 2 aromatic rings. The number of nitrogens with two attached hydrogens (primary N) is 1. The van der Waals surface area contributed by atoms with Crippen molar-refractivity contribution in [3.05, 3.63) is 58.8 Å². The highest BCUT2D eigenvalue weighted by Crippen LogP contribution is 2.26. The van der Waals surface area contributed by atoms with Crippen LogP contribution in [0.15, 0.2) is 36.5 Å². The molecule has 0 fully saturated rings. The fourth-order valence-electron chi connectivity index (χ4n) is 3.44. The smallest absolute Gasteiger partial charge is 0.123 e. The molecule has 23 heavy (non-hydrogen) atoms. The van der Waals surface area contributed by atoms with Gasteiger partial charge in [0.25, 0.3) is 0 Å². The van der Waals surface area contributed by atoms with Gasteiger partial charge in [-0.2, -0.15) is 0 Å². The van der Waals surface area contributed by atoms with Gasteiger partial charge in [-0.25, -0.2) is 4.98 Å². The summed E-state index contributed by atoms with van der Waals surface area (Å²) in [5.74, 6) is 1.05. The summed E-state index contributed by atoms with van der Waals surface area (Å²) >= 11 is 0. The van der Waals surface area contributed by atoms with Crippen LogP contribution in [-0.4, -0.2) is 22.5 Å². The quantitative estimate of drug-likeness (QED) is 0.934. The van der Waals surface area contributed by atoms with Crippen molar-refractivity contribution in [3.63, 3.8) is 0 Å². The van der Waals surface area contributed by atoms with Gasteiger partial charge in [0, 0.05) is 25.3 Å². The predicted octanol–water partition coefficient (Wildman–Crippen LogP) is 3.78. The van der Waals surface area contributed by atoms with Gasteiger partial charge >= 0.3 is 0 Å². The van der Waals surface area contributed by atoms with E-state index < -0.39 is 0 Å². The Morgan fingerprint density at radius 3 is 2.70 bits per heavy atom. The average molecular weight is 309 g/mol. The van der Waals surface area contributed by atoms with Gasteiger partial charge in [-0.1, -0.05) is 25.1 Å². The summed E-state index contributed by atoms with van der Waals surface area (Å²) in [5, 5.41) is 0. The van der Waals surface area contributed by atoms with E-state index in [-0.39, 0.29) is 0 Å². The molecule has 0 aliphatic carbocycles. The molecule has 1 atom stereocenters. The number of rotatable bonds is 4. The van der Waals surface area contributed by atoms with Crippen LogP contribution in [0.5, 0.6) is 0 Å². The molecule has 0 amide bonds. The average Bonchev–Trinajstić information content (AvgIpc) is 2.54. The summed E-state index contributed by atoms with van der Waals surface area (Å²) in [6.45, 7) is 9.08. The number of hydrogen-bond acceptors (Lipinski definition) is 3. The van der Waals surface area contributed by atoms with Crippen LogP contribution in [-0.2, 0) is 19.4 Å². The van der Waals surface area contributed by atoms with Gasteiger partial charge in [0.05, 0.1) is 0 Å². The molecule has 2 N–H and O–H groups in total. The molecule has 1 aromatic carbocycles. The second-order valence-electron chi connectivity index (χ2n) is 7.04. The summed E-state index contributed by atoms with van der Waals surface area (Å²) in [5.41, 5.74) is 11.5. The Morgan fingerprint density at radius 1 is 1.13 bits per heavy atom. The van der Waals surface area contributed by atoms with E-state index in [2.05, 4.69) is 54.9 Å². The van der Waals surface area contributed by atoms with Crippen molar-refractivity contribution in [2.24, 2.45) is 0 Å². The van der Waals surface area contributed by atoms with Gasteiger partial charge in [0.15, 0.2) is 0 Å². The molecule has 0 spiro atoms. The molecule has 1 aliphatic rings. The maximum Gasteiger partial charge on any atom is 0.123 e. The van der Waals surface area contributed by atoms with Gasteiger partial charge < -0.3 is 5.73 Å². The maximum absolute atomic E-state index is 5.81. The number of anilines is 1. The zero-order chi connectivity index (χ0) is 16.4. The van der Waals surface area contributed by atoms with Crippen LogP contribution in [0.3, 0.4) is 0 Å². The van der Waals surface area contributed by atoms with Crippen LogP contribution < -0.4 is 5.73 Å². The first-order valence-electron chi connectivity index (χ1n) is 8.59. The van der Waals surface area contributed by atoms with Crippen molar-refractivity contribution in [2.45, 2.75) is 52.1 Å². The molecule has 3 heteroatoms. The first-order valence-corrected chi connectivity index (χ1v) is 8.59. The number of fused-ring (bicyclic) bond motifs is 1. The minimum Gasteiger partial charge on any atom is -0.384 e. The van der Waals surface area contributed by atoms with Crippen molar-refractivity contribution in [2.75, 3.05) is 12.3 Å². The van der Waals surface area contributed by atoms with E-state index in [1.54, 1.807) is 6.20 Å². The lowest BCUT2D eigenvalue weighted by atomic mass is 9.90. The Labute approximate surface area is 139 Å². The Morgan fingerprint density at radius 2 is 1.96 bits per heavy atom. The fourth-order valence-corrected chi connectivity index (χ4v) is 3.44. The van der Waals surface area contributed by atoms with Gasteiger partial charge in [-0.05, 0) is 67.0 Å². The van der Waals surface area contributed by atoms with Crippen molar-refractivity contribution < 1.29 is 0 Å². The SMILES string of the molecule is CC(Cc1ccc2c(c1)CN(C(C)C)CC2)c1ccnc(N)c1. The van der Waals surface area contributed by atoms with Crippen LogP contribution in [0.2, 0.25) is 0 Å². The number of hydrogen-bond donors (Lipinski definition) is 1. The zero-order valence-corrected chi connectivity index (χ0v) is 14.4. The minimum absolute atomic E-state index is 0.447. The third-order valence-corrected chi connectivity index (χ3v) is 4.96. The summed E-state index contributed by atoms with van der Waals surface area (Å²) in [4.78, 5) is 6.64. The highest BCUT2D eigenvalue weighted by Gasteiger charge is 2.19. The molecule has 0 saturated heterocycles. The van der Waals surface area contributed by atoms with Gasteiger partial charge in [-0.15, -0.1) is 0 Å². The minimum atomic E-state index is 0.447. The lowest BCUT2D eigenvalue weighted by molar-refractivity contribution is 0.203. The lowest BCUT2D eigenvalue weighted by Gasteiger charge is -2.32. The number of benzene rings is 1. The number of nitrogen functional groups attached to an aromatic ring is 1. The van der Waals surface area contributed by atoms with E-state index in [9.17, 15) is 0 Å². The monoisotopic (exact) mass is 309 g/mol. The Hall–Kier alpha value is -1.87. The third kappa shape index (κ3) is 3.73. The normalized spacial score (nSPS) is 16.3. The molecule has 0 bridgehead atoms. The van der Waals surface area contributed by atoms with Crippen LogP contribution in [0, 0.1) is 0 Å². The Kier molecular flexibility index (Phi) is 4.67. The first kappa shape index (κ1) is 16.0. The molecule has 1 aromatic heterocycles. The summed E-state index contributed by atoms with van der Waals surface area (Å²) in [6.07, 6.45) is 4.01. The molecule has 1 unspecified atom stereocenters. The largest absolute Gasteiger partial charge is 0.384 e. The van der Waals surface area contributed by atoms with E-state index in [1.807, 2.05) is 6.07 Å². The third-order valence-electron chi connectivity index (χ3n) is 4.96. The van der Waals surface area contributed by atoms with Crippen molar-refractivity contribution >= 4 is 5.82 Å². The van der Waals surface area contributed by atoms with E-state index >= 15 is 0 Å². The van der Waals surface area contributed by atoms with Crippen LogP contribution in [0.4, 0.5) is 5.82 Å². The van der Waals surface area contributed by atoms with Crippen molar-refractivity contribution in [1.29, 1.82) is 0 Å². The van der Waals surface area contributed by atoms with Gasteiger partial charge in [0.1, 0.15) is 5.82 Å². The second kappa shape index (κ2) is 6.71. The van der Waals surface area contributed by atoms with E-state index in [0.717, 1.165) is 13.0 Å².